The van der Waals surface area contributed by atoms with Crippen LogP contribution in [0.2, 0.25) is 0 Å². The van der Waals surface area contributed by atoms with E-state index in [-0.39, 0.29) is 23.5 Å². The molecule has 1 aromatic carbocycles. The lowest BCUT2D eigenvalue weighted by Crippen LogP contribution is -2.21. The normalized spacial score (nSPS) is 18.7. The Balaban J connectivity index is 1.72. The standard InChI is InChI=1S/C18H21N3O3S/c1-12-4-3-5-16(13(12)2)21-18(22)14-6-8-19-17(10-14)20-15-7-9-25(23,24)11-15/h3-6,8,10,15H,7,9,11H2,1-2H3,(H,19,20)(H,21,22). The molecule has 1 aromatic heterocycles. The molecular weight excluding hydrogens is 338 g/mol. The van der Waals surface area contributed by atoms with Crippen LogP contribution in [0.5, 0.6) is 0 Å². The van der Waals surface area contributed by atoms with E-state index >= 15 is 0 Å². The summed E-state index contributed by atoms with van der Waals surface area (Å²) in [6, 6.07) is 8.88. The summed E-state index contributed by atoms with van der Waals surface area (Å²) in [5.41, 5.74) is 3.38. The van der Waals surface area contributed by atoms with Gasteiger partial charge in [0.1, 0.15) is 5.82 Å². The van der Waals surface area contributed by atoms with Crippen LogP contribution in [0.4, 0.5) is 11.5 Å². The smallest absolute Gasteiger partial charge is 0.255 e. The molecule has 0 aliphatic carbocycles. The number of hydrogen-bond donors (Lipinski definition) is 2. The zero-order chi connectivity index (χ0) is 18.0. The number of aromatic nitrogens is 1. The number of carbonyl (C=O) groups excluding carboxylic acids is 1. The molecular formula is C18H21N3O3S. The second-order valence-electron chi connectivity index (χ2n) is 6.38. The van der Waals surface area contributed by atoms with E-state index in [1.807, 2.05) is 32.0 Å². The maximum Gasteiger partial charge on any atom is 0.255 e. The summed E-state index contributed by atoms with van der Waals surface area (Å²) >= 11 is 0. The van der Waals surface area contributed by atoms with Crippen LogP contribution in [-0.2, 0) is 9.84 Å². The molecule has 3 rings (SSSR count). The first-order chi connectivity index (χ1) is 11.8. The quantitative estimate of drug-likeness (QED) is 0.876. The minimum absolute atomic E-state index is 0.105. The van der Waals surface area contributed by atoms with Crippen molar-refractivity contribution >= 4 is 27.2 Å². The Morgan fingerprint density at radius 2 is 2.04 bits per heavy atom. The summed E-state index contributed by atoms with van der Waals surface area (Å²) in [5.74, 6) is 0.583. The van der Waals surface area contributed by atoms with Gasteiger partial charge >= 0.3 is 0 Å². The van der Waals surface area contributed by atoms with Crippen LogP contribution < -0.4 is 10.6 Å². The first kappa shape index (κ1) is 17.4. The summed E-state index contributed by atoms with van der Waals surface area (Å²) < 4.78 is 23.1. The van der Waals surface area contributed by atoms with E-state index in [4.69, 9.17) is 0 Å². The molecule has 1 saturated heterocycles. The van der Waals surface area contributed by atoms with E-state index in [1.165, 1.54) is 0 Å². The van der Waals surface area contributed by atoms with Crippen LogP contribution >= 0.6 is 0 Å². The maximum atomic E-state index is 12.5. The minimum atomic E-state index is -2.96. The van der Waals surface area contributed by atoms with Crippen molar-refractivity contribution in [2.75, 3.05) is 22.1 Å². The van der Waals surface area contributed by atoms with Crippen molar-refractivity contribution in [3.05, 3.63) is 53.2 Å². The van der Waals surface area contributed by atoms with Crippen molar-refractivity contribution in [1.82, 2.24) is 4.98 Å². The van der Waals surface area contributed by atoms with Crippen LogP contribution in [0, 0.1) is 13.8 Å². The van der Waals surface area contributed by atoms with Crippen LogP contribution in [-0.4, -0.2) is 36.9 Å². The molecule has 6 nitrogen and oxygen atoms in total. The van der Waals surface area contributed by atoms with E-state index in [0.29, 0.717) is 17.8 Å². The van der Waals surface area contributed by atoms with Gasteiger partial charge in [0, 0.05) is 23.5 Å². The van der Waals surface area contributed by atoms with E-state index in [9.17, 15) is 13.2 Å². The van der Waals surface area contributed by atoms with E-state index < -0.39 is 9.84 Å². The van der Waals surface area contributed by atoms with Gasteiger partial charge in [0.2, 0.25) is 0 Å². The zero-order valence-corrected chi connectivity index (χ0v) is 15.1. The second kappa shape index (κ2) is 6.84. The number of sulfone groups is 1. The molecule has 0 radical (unpaired) electrons. The first-order valence-corrected chi connectivity index (χ1v) is 9.97. The van der Waals surface area contributed by atoms with E-state index in [1.54, 1.807) is 18.3 Å². The monoisotopic (exact) mass is 359 g/mol. The number of benzene rings is 1. The average Bonchev–Trinajstić information content (AvgIpc) is 2.90. The predicted octanol–water partition coefficient (Wildman–Crippen LogP) is 2.55. The molecule has 25 heavy (non-hydrogen) atoms. The molecule has 132 valence electrons. The number of hydrogen-bond acceptors (Lipinski definition) is 5. The third-order valence-electron chi connectivity index (χ3n) is 4.46. The Labute approximate surface area is 147 Å². The van der Waals surface area contributed by atoms with Gasteiger partial charge in [-0.05, 0) is 49.6 Å². The molecule has 2 aromatic rings. The molecule has 1 atom stereocenters. The SMILES string of the molecule is Cc1cccc(NC(=O)c2ccnc(NC3CCS(=O)(=O)C3)c2)c1C. The van der Waals surface area contributed by atoms with Crippen LogP contribution in [0.15, 0.2) is 36.5 Å². The molecule has 1 aliphatic rings. The minimum Gasteiger partial charge on any atom is -0.366 e. The lowest BCUT2D eigenvalue weighted by atomic mass is 10.1. The van der Waals surface area contributed by atoms with Gasteiger partial charge in [-0.2, -0.15) is 0 Å². The third-order valence-corrected chi connectivity index (χ3v) is 6.23. The Morgan fingerprint density at radius 1 is 1.24 bits per heavy atom. The molecule has 2 heterocycles. The fourth-order valence-corrected chi connectivity index (χ4v) is 4.52. The van der Waals surface area contributed by atoms with Crippen molar-refractivity contribution in [1.29, 1.82) is 0 Å². The second-order valence-corrected chi connectivity index (χ2v) is 8.60. The maximum absolute atomic E-state index is 12.5. The summed E-state index contributed by atoms with van der Waals surface area (Å²) in [5, 5.41) is 6.02. The predicted molar refractivity (Wildman–Crippen MR) is 98.8 cm³/mol. The van der Waals surface area contributed by atoms with Crippen LogP contribution in [0.1, 0.15) is 27.9 Å². The summed E-state index contributed by atoms with van der Waals surface area (Å²) in [4.78, 5) is 16.7. The van der Waals surface area contributed by atoms with Gasteiger partial charge in [0.15, 0.2) is 9.84 Å². The molecule has 0 saturated carbocycles. The highest BCUT2D eigenvalue weighted by atomic mass is 32.2. The summed E-state index contributed by atoms with van der Waals surface area (Å²) in [7, 11) is -2.96. The lowest BCUT2D eigenvalue weighted by molar-refractivity contribution is 0.102. The van der Waals surface area contributed by atoms with Gasteiger partial charge in [0.05, 0.1) is 11.5 Å². The highest BCUT2D eigenvalue weighted by Gasteiger charge is 2.28. The van der Waals surface area contributed by atoms with Crippen molar-refractivity contribution in [2.24, 2.45) is 0 Å². The Bertz CT molecular complexity index is 910. The lowest BCUT2D eigenvalue weighted by Gasteiger charge is -2.13. The van der Waals surface area contributed by atoms with Gasteiger partial charge in [0.25, 0.3) is 5.91 Å². The molecule has 1 amide bonds. The summed E-state index contributed by atoms with van der Waals surface area (Å²) in [6.45, 7) is 3.96. The van der Waals surface area contributed by atoms with Gasteiger partial charge in [-0.25, -0.2) is 13.4 Å². The van der Waals surface area contributed by atoms with E-state index in [2.05, 4.69) is 15.6 Å². The molecule has 1 unspecified atom stereocenters. The fourth-order valence-electron chi connectivity index (χ4n) is 2.85. The van der Waals surface area contributed by atoms with Crippen molar-refractivity contribution < 1.29 is 13.2 Å². The third kappa shape index (κ3) is 4.17. The van der Waals surface area contributed by atoms with Crippen molar-refractivity contribution in [2.45, 2.75) is 26.3 Å². The number of aryl methyl sites for hydroxylation is 1. The summed E-state index contributed by atoms with van der Waals surface area (Å²) in [6.07, 6.45) is 2.10. The fraction of sp³-hybridized carbons (Fsp3) is 0.333. The molecule has 1 aliphatic heterocycles. The molecule has 1 fully saturated rings. The number of nitrogens with zero attached hydrogens (tertiary/aromatic N) is 1. The Kier molecular flexibility index (Phi) is 4.76. The topological polar surface area (TPSA) is 88.2 Å². The van der Waals surface area contributed by atoms with Gasteiger partial charge in [-0.15, -0.1) is 0 Å². The number of carbonyl (C=O) groups is 1. The highest BCUT2D eigenvalue weighted by Crippen LogP contribution is 2.20. The molecule has 0 spiro atoms. The molecule has 2 N–H and O–H groups in total. The number of rotatable bonds is 4. The van der Waals surface area contributed by atoms with E-state index in [0.717, 1.165) is 16.8 Å². The number of amides is 1. The van der Waals surface area contributed by atoms with Gasteiger partial charge in [-0.3, -0.25) is 4.79 Å². The number of nitrogens with one attached hydrogen (secondary N) is 2. The molecule has 0 bridgehead atoms. The number of anilines is 2. The average molecular weight is 359 g/mol. The Morgan fingerprint density at radius 3 is 2.76 bits per heavy atom. The van der Waals surface area contributed by atoms with Crippen LogP contribution in [0.25, 0.3) is 0 Å². The van der Waals surface area contributed by atoms with Crippen LogP contribution in [0.3, 0.4) is 0 Å². The first-order valence-electron chi connectivity index (χ1n) is 8.15. The Hall–Kier alpha value is -2.41. The van der Waals surface area contributed by atoms with Crippen molar-refractivity contribution in [3.63, 3.8) is 0 Å². The highest BCUT2D eigenvalue weighted by molar-refractivity contribution is 7.91. The molecule has 7 heteroatoms. The zero-order valence-electron chi connectivity index (χ0n) is 14.2. The van der Waals surface area contributed by atoms with Gasteiger partial charge in [-0.1, -0.05) is 12.1 Å². The largest absolute Gasteiger partial charge is 0.366 e. The van der Waals surface area contributed by atoms with Gasteiger partial charge < -0.3 is 10.6 Å². The van der Waals surface area contributed by atoms with Crippen molar-refractivity contribution in [3.8, 4) is 0 Å². The number of pyridine rings is 1.